The topological polar surface area (TPSA) is 59.8 Å². The first-order chi connectivity index (χ1) is 12.6. The predicted octanol–water partition coefficient (Wildman–Crippen LogP) is 4.42. The molecule has 0 spiro atoms. The van der Waals surface area contributed by atoms with E-state index in [1.165, 1.54) is 18.2 Å². The lowest BCUT2D eigenvalue weighted by atomic mass is 10.2. The van der Waals surface area contributed by atoms with Crippen LogP contribution in [0.15, 0.2) is 67.1 Å². The summed E-state index contributed by atoms with van der Waals surface area (Å²) in [5.74, 6) is 0.0228. The van der Waals surface area contributed by atoms with E-state index in [4.69, 9.17) is 0 Å². The van der Waals surface area contributed by atoms with Crippen molar-refractivity contribution in [2.45, 2.75) is 0 Å². The van der Waals surface area contributed by atoms with Gasteiger partial charge in [-0.15, -0.1) is 0 Å². The Morgan fingerprint density at radius 3 is 2.69 bits per heavy atom. The number of benzene rings is 2. The minimum atomic E-state index is -0.371. The molecule has 0 aliphatic heterocycles. The molecule has 0 aliphatic carbocycles. The number of carbonyl (C=O) groups is 1. The molecule has 26 heavy (non-hydrogen) atoms. The Morgan fingerprint density at radius 2 is 1.92 bits per heavy atom. The average molecular weight is 458 g/mol. The van der Waals surface area contributed by atoms with Crippen LogP contribution in [0.1, 0.15) is 10.4 Å². The van der Waals surface area contributed by atoms with Crippen molar-refractivity contribution in [3.8, 4) is 5.82 Å². The normalized spacial score (nSPS) is 10.8. The summed E-state index contributed by atoms with van der Waals surface area (Å²) in [6, 6.07) is 15.4. The molecular formula is C19H12FIN4O. The molecule has 0 aliphatic rings. The van der Waals surface area contributed by atoms with Crippen LogP contribution in [0.5, 0.6) is 0 Å². The van der Waals surface area contributed by atoms with E-state index < -0.39 is 0 Å². The molecule has 4 rings (SSSR count). The number of carbonyl (C=O) groups excluding carboxylic acids is 1. The van der Waals surface area contributed by atoms with Gasteiger partial charge >= 0.3 is 0 Å². The summed E-state index contributed by atoms with van der Waals surface area (Å²) in [6.45, 7) is 0. The molecular weight excluding hydrogens is 446 g/mol. The predicted molar refractivity (Wildman–Crippen MR) is 106 cm³/mol. The van der Waals surface area contributed by atoms with Crippen molar-refractivity contribution in [2.24, 2.45) is 0 Å². The van der Waals surface area contributed by atoms with Crippen molar-refractivity contribution < 1.29 is 9.18 Å². The molecule has 2 heterocycles. The van der Waals surface area contributed by atoms with Crippen molar-refractivity contribution in [2.75, 3.05) is 5.32 Å². The molecule has 0 bridgehead atoms. The second kappa shape index (κ2) is 6.83. The van der Waals surface area contributed by atoms with Gasteiger partial charge in [0, 0.05) is 3.57 Å². The van der Waals surface area contributed by atoms with Crippen molar-refractivity contribution in [1.29, 1.82) is 0 Å². The summed E-state index contributed by atoms with van der Waals surface area (Å²) in [4.78, 5) is 21.1. The summed E-state index contributed by atoms with van der Waals surface area (Å²) >= 11 is 1.94. The molecule has 0 saturated heterocycles. The highest BCUT2D eigenvalue weighted by Crippen LogP contribution is 2.19. The van der Waals surface area contributed by atoms with Gasteiger partial charge in [-0.2, -0.15) is 0 Å². The highest BCUT2D eigenvalue weighted by atomic mass is 127. The fourth-order valence-electron chi connectivity index (χ4n) is 2.62. The van der Waals surface area contributed by atoms with Crippen LogP contribution < -0.4 is 5.32 Å². The van der Waals surface area contributed by atoms with Crippen molar-refractivity contribution >= 4 is 45.2 Å². The summed E-state index contributed by atoms with van der Waals surface area (Å²) < 4.78 is 15.6. The summed E-state index contributed by atoms with van der Waals surface area (Å²) in [5, 5.41) is 2.77. The number of nitrogens with zero attached hydrogens (tertiary/aromatic N) is 3. The van der Waals surface area contributed by atoms with Gasteiger partial charge < -0.3 is 5.32 Å². The molecule has 4 aromatic rings. The summed E-state index contributed by atoms with van der Waals surface area (Å²) in [7, 11) is 0. The molecule has 0 fully saturated rings. The molecule has 0 atom stereocenters. The molecule has 2 aromatic carbocycles. The zero-order valence-corrected chi connectivity index (χ0v) is 15.5. The van der Waals surface area contributed by atoms with Gasteiger partial charge in [-0.25, -0.2) is 14.4 Å². The van der Waals surface area contributed by atoms with Gasteiger partial charge in [-0.1, -0.05) is 12.1 Å². The van der Waals surface area contributed by atoms with Gasteiger partial charge in [0.25, 0.3) is 5.91 Å². The summed E-state index contributed by atoms with van der Waals surface area (Å²) in [5.41, 5.74) is 2.81. The smallest absolute Gasteiger partial charge is 0.256 e. The number of imidazole rings is 1. The Bertz CT molecular complexity index is 1110. The Balaban J connectivity index is 1.57. The largest absolute Gasteiger partial charge is 0.321 e. The number of amides is 1. The lowest BCUT2D eigenvalue weighted by Gasteiger charge is -2.08. The second-order valence-electron chi connectivity index (χ2n) is 5.59. The number of hydrogen-bond acceptors (Lipinski definition) is 3. The van der Waals surface area contributed by atoms with Crippen LogP contribution in [0.4, 0.5) is 10.1 Å². The number of hydrogen-bond donors (Lipinski definition) is 1. The van der Waals surface area contributed by atoms with E-state index in [-0.39, 0.29) is 11.7 Å². The van der Waals surface area contributed by atoms with E-state index >= 15 is 0 Å². The van der Waals surface area contributed by atoms with E-state index in [0.29, 0.717) is 20.6 Å². The van der Waals surface area contributed by atoms with Crippen LogP contribution in [0.2, 0.25) is 0 Å². The Morgan fingerprint density at radius 1 is 1.08 bits per heavy atom. The number of fused-ring (bicyclic) bond motifs is 1. The average Bonchev–Trinajstić information content (AvgIpc) is 3.06. The van der Waals surface area contributed by atoms with E-state index in [9.17, 15) is 9.18 Å². The Hall–Kier alpha value is -2.81. The van der Waals surface area contributed by atoms with Crippen LogP contribution >= 0.6 is 22.6 Å². The van der Waals surface area contributed by atoms with Crippen LogP contribution in [-0.2, 0) is 0 Å². The van der Waals surface area contributed by atoms with Crippen molar-refractivity contribution in [3.63, 3.8) is 0 Å². The van der Waals surface area contributed by atoms with Gasteiger partial charge in [0.1, 0.15) is 18.0 Å². The van der Waals surface area contributed by atoms with Crippen molar-refractivity contribution in [1.82, 2.24) is 14.5 Å². The highest BCUT2D eigenvalue weighted by Gasteiger charge is 2.12. The standard InChI is InChI=1S/C19H12FIN4O/c20-12-5-7-14(15(21)9-12)19(26)24-13-6-8-18(22-10-13)25-11-23-16-3-1-2-4-17(16)25/h1-11H,(H,24,26). The third-order valence-corrected chi connectivity index (χ3v) is 4.77. The molecule has 0 unspecified atom stereocenters. The van der Waals surface area contributed by atoms with Gasteiger partial charge in [0.2, 0.25) is 0 Å². The van der Waals surface area contributed by atoms with E-state index in [1.54, 1.807) is 24.7 Å². The maximum atomic E-state index is 13.2. The van der Waals surface area contributed by atoms with Crippen LogP contribution in [0.3, 0.4) is 0 Å². The SMILES string of the molecule is O=C(Nc1ccc(-n2cnc3ccccc32)nc1)c1ccc(F)cc1I. The van der Waals surface area contributed by atoms with Crippen LogP contribution in [0.25, 0.3) is 16.9 Å². The number of anilines is 1. The minimum absolute atomic E-state index is 0.308. The number of rotatable bonds is 3. The first-order valence-electron chi connectivity index (χ1n) is 7.77. The van der Waals surface area contributed by atoms with Gasteiger partial charge in [0.15, 0.2) is 0 Å². The quantitative estimate of drug-likeness (QED) is 0.463. The molecule has 128 valence electrons. The second-order valence-corrected chi connectivity index (χ2v) is 6.75. The number of halogens is 2. The maximum absolute atomic E-state index is 13.2. The number of nitrogens with one attached hydrogen (secondary N) is 1. The lowest BCUT2D eigenvalue weighted by Crippen LogP contribution is -2.14. The summed E-state index contributed by atoms with van der Waals surface area (Å²) in [6.07, 6.45) is 3.30. The minimum Gasteiger partial charge on any atom is -0.321 e. The first kappa shape index (κ1) is 16.6. The van der Waals surface area contributed by atoms with E-state index in [2.05, 4.69) is 15.3 Å². The molecule has 1 amide bonds. The molecule has 7 heteroatoms. The highest BCUT2D eigenvalue weighted by molar-refractivity contribution is 14.1. The third-order valence-electron chi connectivity index (χ3n) is 3.88. The monoisotopic (exact) mass is 458 g/mol. The van der Waals surface area contributed by atoms with Gasteiger partial charge in [-0.3, -0.25) is 9.36 Å². The van der Waals surface area contributed by atoms with E-state index in [0.717, 1.165) is 11.0 Å². The zero-order valence-electron chi connectivity index (χ0n) is 13.4. The molecule has 5 nitrogen and oxygen atoms in total. The zero-order chi connectivity index (χ0) is 18.1. The Labute approximate surface area is 162 Å². The van der Waals surface area contributed by atoms with Crippen LogP contribution in [0, 0.1) is 9.39 Å². The third kappa shape index (κ3) is 3.17. The van der Waals surface area contributed by atoms with Crippen LogP contribution in [-0.4, -0.2) is 20.4 Å². The lowest BCUT2D eigenvalue weighted by molar-refractivity contribution is 0.102. The fraction of sp³-hybridized carbons (Fsp3) is 0. The van der Waals surface area contributed by atoms with Gasteiger partial charge in [0.05, 0.1) is 28.5 Å². The van der Waals surface area contributed by atoms with E-state index in [1.807, 2.05) is 51.4 Å². The number of para-hydroxylation sites is 2. The molecule has 0 saturated carbocycles. The van der Waals surface area contributed by atoms with Gasteiger partial charge in [-0.05, 0) is 65.1 Å². The number of pyridine rings is 1. The maximum Gasteiger partial charge on any atom is 0.256 e. The first-order valence-corrected chi connectivity index (χ1v) is 8.84. The van der Waals surface area contributed by atoms with Crippen molar-refractivity contribution in [3.05, 3.63) is 82.1 Å². The molecule has 1 N–H and O–H groups in total. The Kier molecular flexibility index (Phi) is 4.37. The number of aromatic nitrogens is 3. The molecule has 2 aromatic heterocycles. The molecule has 0 radical (unpaired) electrons. The fourth-order valence-corrected chi connectivity index (χ4v) is 3.34.